The third kappa shape index (κ3) is 2.77. The standard InChI is InChI=1S/C16H18N2/c1-12(2)14-10-6-7-11-15(14)18-16(17)13-8-4-3-5-9-13/h3-12H,1-2H3,(H2,17,18). The maximum atomic E-state index is 6.05. The maximum absolute atomic E-state index is 6.05. The summed E-state index contributed by atoms with van der Waals surface area (Å²) in [6.45, 7) is 4.32. The summed E-state index contributed by atoms with van der Waals surface area (Å²) in [7, 11) is 0. The van der Waals surface area contributed by atoms with Crippen molar-refractivity contribution in [2.24, 2.45) is 10.7 Å². The van der Waals surface area contributed by atoms with Crippen LogP contribution < -0.4 is 5.73 Å². The number of rotatable bonds is 3. The van der Waals surface area contributed by atoms with Crippen LogP contribution in [0.3, 0.4) is 0 Å². The van der Waals surface area contributed by atoms with E-state index < -0.39 is 0 Å². The van der Waals surface area contributed by atoms with Crippen LogP contribution in [0.25, 0.3) is 0 Å². The summed E-state index contributed by atoms with van der Waals surface area (Å²) < 4.78 is 0. The fraction of sp³-hybridized carbons (Fsp3) is 0.188. The predicted molar refractivity (Wildman–Crippen MR) is 77.4 cm³/mol. The molecule has 92 valence electrons. The highest BCUT2D eigenvalue weighted by Crippen LogP contribution is 2.26. The fourth-order valence-electron chi connectivity index (χ4n) is 1.88. The zero-order chi connectivity index (χ0) is 13.0. The fourth-order valence-corrected chi connectivity index (χ4v) is 1.88. The van der Waals surface area contributed by atoms with Gasteiger partial charge >= 0.3 is 0 Å². The second-order valence-electron chi connectivity index (χ2n) is 4.58. The largest absolute Gasteiger partial charge is 0.383 e. The Morgan fingerprint density at radius 2 is 1.56 bits per heavy atom. The summed E-state index contributed by atoms with van der Waals surface area (Å²) in [6.07, 6.45) is 0. The summed E-state index contributed by atoms with van der Waals surface area (Å²) in [5, 5.41) is 0. The number of hydrogen-bond acceptors (Lipinski definition) is 1. The first-order chi connectivity index (χ1) is 8.68. The second-order valence-corrected chi connectivity index (χ2v) is 4.58. The molecule has 0 fully saturated rings. The van der Waals surface area contributed by atoms with Gasteiger partial charge < -0.3 is 5.73 Å². The summed E-state index contributed by atoms with van der Waals surface area (Å²) in [5.74, 6) is 0.997. The van der Waals surface area contributed by atoms with Crippen molar-refractivity contribution in [3.05, 3.63) is 65.7 Å². The number of hydrogen-bond donors (Lipinski definition) is 1. The van der Waals surface area contributed by atoms with E-state index in [0.717, 1.165) is 11.3 Å². The van der Waals surface area contributed by atoms with Crippen molar-refractivity contribution in [1.29, 1.82) is 0 Å². The molecule has 0 spiro atoms. The third-order valence-electron chi connectivity index (χ3n) is 2.87. The minimum Gasteiger partial charge on any atom is -0.383 e. The van der Waals surface area contributed by atoms with Crippen LogP contribution in [0.15, 0.2) is 59.6 Å². The van der Waals surface area contributed by atoms with Gasteiger partial charge in [0.15, 0.2) is 0 Å². The summed E-state index contributed by atoms with van der Waals surface area (Å²) in [4.78, 5) is 4.54. The van der Waals surface area contributed by atoms with Gasteiger partial charge in [0.1, 0.15) is 5.84 Å². The molecule has 2 nitrogen and oxygen atoms in total. The van der Waals surface area contributed by atoms with Gasteiger partial charge in [-0.3, -0.25) is 0 Å². The lowest BCUT2D eigenvalue weighted by molar-refractivity contribution is 0.867. The van der Waals surface area contributed by atoms with Gasteiger partial charge in [-0.1, -0.05) is 62.4 Å². The van der Waals surface area contributed by atoms with Crippen molar-refractivity contribution in [2.75, 3.05) is 0 Å². The third-order valence-corrected chi connectivity index (χ3v) is 2.87. The van der Waals surface area contributed by atoms with Crippen molar-refractivity contribution in [3.63, 3.8) is 0 Å². The van der Waals surface area contributed by atoms with Gasteiger partial charge in [-0.15, -0.1) is 0 Å². The quantitative estimate of drug-likeness (QED) is 0.640. The number of nitrogens with two attached hydrogens (primary N) is 1. The molecule has 0 amide bonds. The summed E-state index contributed by atoms with van der Waals surface area (Å²) in [5.41, 5.74) is 9.17. The van der Waals surface area contributed by atoms with Gasteiger partial charge in [-0.25, -0.2) is 4.99 Å². The first kappa shape index (κ1) is 12.4. The molecule has 0 bridgehead atoms. The molecule has 2 aromatic rings. The van der Waals surface area contributed by atoms with E-state index in [0.29, 0.717) is 11.8 Å². The predicted octanol–water partition coefficient (Wildman–Crippen LogP) is 3.85. The first-order valence-corrected chi connectivity index (χ1v) is 6.17. The van der Waals surface area contributed by atoms with E-state index in [1.165, 1.54) is 5.56 Å². The zero-order valence-electron chi connectivity index (χ0n) is 10.8. The van der Waals surface area contributed by atoms with Crippen LogP contribution >= 0.6 is 0 Å². The van der Waals surface area contributed by atoms with E-state index in [1.54, 1.807) is 0 Å². The van der Waals surface area contributed by atoms with E-state index in [-0.39, 0.29) is 0 Å². The molecule has 0 saturated heterocycles. The molecular formula is C16H18N2. The molecule has 2 N–H and O–H groups in total. The lowest BCUT2D eigenvalue weighted by atomic mass is 10.0. The van der Waals surface area contributed by atoms with Crippen molar-refractivity contribution in [1.82, 2.24) is 0 Å². The molecule has 0 aliphatic heterocycles. The molecule has 2 aromatic carbocycles. The second kappa shape index (κ2) is 5.50. The lowest BCUT2D eigenvalue weighted by Gasteiger charge is -2.09. The summed E-state index contributed by atoms with van der Waals surface area (Å²) in [6, 6.07) is 18.0. The maximum Gasteiger partial charge on any atom is 0.131 e. The van der Waals surface area contributed by atoms with E-state index in [9.17, 15) is 0 Å². The number of benzene rings is 2. The van der Waals surface area contributed by atoms with Crippen LogP contribution in [-0.4, -0.2) is 5.84 Å². The Balaban J connectivity index is 2.39. The average Bonchev–Trinajstić information content (AvgIpc) is 2.40. The Kier molecular flexibility index (Phi) is 3.78. The Bertz CT molecular complexity index is 542. The summed E-state index contributed by atoms with van der Waals surface area (Å²) >= 11 is 0. The molecule has 0 saturated carbocycles. The molecule has 0 unspecified atom stereocenters. The van der Waals surface area contributed by atoms with E-state index >= 15 is 0 Å². The van der Waals surface area contributed by atoms with Crippen LogP contribution in [0, 0.1) is 0 Å². The molecule has 0 aromatic heterocycles. The number of amidine groups is 1. The Morgan fingerprint density at radius 1 is 0.944 bits per heavy atom. The number of aliphatic imine (C=N–C) groups is 1. The molecule has 0 heterocycles. The minimum atomic E-state index is 0.438. The van der Waals surface area contributed by atoms with Crippen LogP contribution in [-0.2, 0) is 0 Å². The average molecular weight is 238 g/mol. The van der Waals surface area contributed by atoms with Crippen molar-refractivity contribution in [2.45, 2.75) is 19.8 Å². The van der Waals surface area contributed by atoms with Crippen LogP contribution in [0.1, 0.15) is 30.9 Å². The Morgan fingerprint density at radius 3 is 2.22 bits per heavy atom. The molecule has 0 radical (unpaired) electrons. The number of nitrogens with zero attached hydrogens (tertiary/aromatic N) is 1. The Labute approximate surface area is 108 Å². The normalized spacial score (nSPS) is 11.8. The highest BCUT2D eigenvalue weighted by Gasteiger charge is 2.05. The van der Waals surface area contributed by atoms with Crippen molar-refractivity contribution < 1.29 is 0 Å². The van der Waals surface area contributed by atoms with Gasteiger partial charge in [-0.2, -0.15) is 0 Å². The van der Waals surface area contributed by atoms with E-state index in [1.807, 2.05) is 48.5 Å². The Hall–Kier alpha value is -2.09. The molecule has 0 aliphatic carbocycles. The molecule has 18 heavy (non-hydrogen) atoms. The highest BCUT2D eigenvalue weighted by molar-refractivity contribution is 5.99. The smallest absolute Gasteiger partial charge is 0.131 e. The lowest BCUT2D eigenvalue weighted by Crippen LogP contribution is -2.12. The van der Waals surface area contributed by atoms with Gasteiger partial charge in [0, 0.05) is 5.56 Å². The van der Waals surface area contributed by atoms with E-state index in [2.05, 4.69) is 24.9 Å². The van der Waals surface area contributed by atoms with Gasteiger partial charge in [-0.05, 0) is 17.5 Å². The monoisotopic (exact) mass is 238 g/mol. The minimum absolute atomic E-state index is 0.438. The van der Waals surface area contributed by atoms with E-state index in [4.69, 9.17) is 5.73 Å². The molecule has 0 aliphatic rings. The molecular weight excluding hydrogens is 220 g/mol. The van der Waals surface area contributed by atoms with Gasteiger partial charge in [0.2, 0.25) is 0 Å². The first-order valence-electron chi connectivity index (χ1n) is 6.17. The van der Waals surface area contributed by atoms with Gasteiger partial charge in [0.25, 0.3) is 0 Å². The molecule has 2 rings (SSSR count). The topological polar surface area (TPSA) is 38.4 Å². The number of para-hydroxylation sites is 1. The highest BCUT2D eigenvalue weighted by atomic mass is 14.9. The van der Waals surface area contributed by atoms with Crippen LogP contribution in [0.4, 0.5) is 5.69 Å². The zero-order valence-corrected chi connectivity index (χ0v) is 10.8. The van der Waals surface area contributed by atoms with Crippen LogP contribution in [0.2, 0.25) is 0 Å². The SMILES string of the molecule is CC(C)c1ccccc1N=C(N)c1ccccc1. The van der Waals surface area contributed by atoms with Gasteiger partial charge in [0.05, 0.1) is 5.69 Å². The van der Waals surface area contributed by atoms with Crippen molar-refractivity contribution in [3.8, 4) is 0 Å². The molecule has 2 heteroatoms. The van der Waals surface area contributed by atoms with Crippen LogP contribution in [0.5, 0.6) is 0 Å². The van der Waals surface area contributed by atoms with Crippen molar-refractivity contribution >= 4 is 11.5 Å². The molecule has 0 atom stereocenters.